The lowest BCUT2D eigenvalue weighted by atomic mass is 9.85. The standard InChI is InChI=1S/C20H25NO5/c22-17(9-5-4-8-15-6-2-1-3-7-15)11-10-16-12-19-20(26-14-25-19)13-18(16)21(23)24/h10-13,15H,1-9,14H2/b11-10+. The number of nitrogens with zero attached hydrogens (tertiary/aromatic N) is 1. The Labute approximate surface area is 153 Å². The lowest BCUT2D eigenvalue weighted by Gasteiger charge is -2.21. The molecule has 0 saturated heterocycles. The first-order valence-corrected chi connectivity index (χ1v) is 9.42. The van der Waals surface area contributed by atoms with Gasteiger partial charge in [-0.15, -0.1) is 0 Å². The summed E-state index contributed by atoms with van der Waals surface area (Å²) < 4.78 is 10.4. The molecule has 1 aromatic carbocycles. The van der Waals surface area contributed by atoms with E-state index in [4.69, 9.17) is 9.47 Å². The Bertz CT molecular complexity index is 692. The van der Waals surface area contributed by atoms with E-state index in [1.807, 2.05) is 0 Å². The molecule has 0 unspecified atom stereocenters. The third kappa shape index (κ3) is 4.84. The number of hydrogen-bond acceptors (Lipinski definition) is 5. The second kappa shape index (κ2) is 8.83. The zero-order valence-electron chi connectivity index (χ0n) is 14.9. The summed E-state index contributed by atoms with van der Waals surface area (Å²) in [6, 6.07) is 2.89. The molecule has 0 N–H and O–H groups in total. The smallest absolute Gasteiger partial charge is 0.280 e. The Hall–Kier alpha value is -2.37. The van der Waals surface area contributed by atoms with Crippen LogP contribution in [0, 0.1) is 16.0 Å². The molecule has 140 valence electrons. The number of ether oxygens (including phenoxy) is 2. The van der Waals surface area contributed by atoms with Gasteiger partial charge in [-0.1, -0.05) is 44.9 Å². The summed E-state index contributed by atoms with van der Waals surface area (Å²) in [4.78, 5) is 22.8. The maximum absolute atomic E-state index is 12.1. The van der Waals surface area contributed by atoms with Crippen molar-refractivity contribution in [3.8, 4) is 11.5 Å². The van der Waals surface area contributed by atoms with E-state index in [0.717, 1.165) is 18.8 Å². The van der Waals surface area contributed by atoms with Crippen LogP contribution in [0.15, 0.2) is 18.2 Å². The van der Waals surface area contributed by atoms with Crippen molar-refractivity contribution in [1.82, 2.24) is 0 Å². The molecule has 1 saturated carbocycles. The monoisotopic (exact) mass is 359 g/mol. The van der Waals surface area contributed by atoms with Crippen molar-refractivity contribution < 1.29 is 19.2 Å². The molecule has 1 aliphatic carbocycles. The fourth-order valence-electron chi connectivity index (χ4n) is 3.71. The number of nitro benzene ring substituents is 1. The summed E-state index contributed by atoms with van der Waals surface area (Å²) in [6.45, 7) is 0.0551. The minimum absolute atomic E-state index is 0.000564. The van der Waals surface area contributed by atoms with Gasteiger partial charge in [-0.25, -0.2) is 0 Å². The molecule has 6 nitrogen and oxygen atoms in total. The van der Waals surface area contributed by atoms with Crippen molar-refractivity contribution in [2.45, 2.75) is 57.8 Å². The molecule has 6 heteroatoms. The molecule has 0 amide bonds. The lowest BCUT2D eigenvalue weighted by molar-refractivity contribution is -0.385. The summed E-state index contributed by atoms with van der Waals surface area (Å²) >= 11 is 0. The first-order chi connectivity index (χ1) is 12.6. The summed E-state index contributed by atoms with van der Waals surface area (Å²) in [5.74, 6) is 1.67. The van der Waals surface area contributed by atoms with Gasteiger partial charge in [-0.2, -0.15) is 0 Å². The van der Waals surface area contributed by atoms with E-state index in [0.29, 0.717) is 23.5 Å². The predicted octanol–water partition coefficient (Wildman–Crippen LogP) is 5.05. The van der Waals surface area contributed by atoms with Crippen molar-refractivity contribution in [2.24, 2.45) is 5.92 Å². The van der Waals surface area contributed by atoms with Crippen LogP contribution in [0.5, 0.6) is 11.5 Å². The highest BCUT2D eigenvalue weighted by atomic mass is 16.7. The van der Waals surface area contributed by atoms with Gasteiger partial charge >= 0.3 is 0 Å². The zero-order valence-corrected chi connectivity index (χ0v) is 14.9. The zero-order chi connectivity index (χ0) is 18.4. The molecular weight excluding hydrogens is 334 g/mol. The van der Waals surface area contributed by atoms with Crippen LogP contribution in [-0.4, -0.2) is 17.5 Å². The van der Waals surface area contributed by atoms with Gasteiger partial charge in [0.1, 0.15) is 0 Å². The Kier molecular flexibility index (Phi) is 6.26. The third-order valence-electron chi connectivity index (χ3n) is 5.18. The molecule has 0 spiro atoms. The third-order valence-corrected chi connectivity index (χ3v) is 5.18. The van der Waals surface area contributed by atoms with Gasteiger partial charge < -0.3 is 9.47 Å². The molecule has 0 radical (unpaired) electrons. The number of carbonyl (C=O) groups excluding carboxylic acids is 1. The van der Waals surface area contributed by atoms with E-state index in [2.05, 4.69) is 0 Å². The molecule has 2 aliphatic rings. The first-order valence-electron chi connectivity index (χ1n) is 9.42. The normalized spacial score (nSPS) is 16.9. The fraction of sp³-hybridized carbons (Fsp3) is 0.550. The van der Waals surface area contributed by atoms with Crippen molar-refractivity contribution in [3.63, 3.8) is 0 Å². The molecule has 1 aliphatic heterocycles. The Balaban J connectivity index is 1.50. The number of unbranched alkanes of at least 4 members (excludes halogenated alkanes) is 1. The summed E-state index contributed by atoms with van der Waals surface area (Å²) in [5.41, 5.74) is 0.269. The minimum atomic E-state index is -0.476. The van der Waals surface area contributed by atoms with E-state index in [9.17, 15) is 14.9 Å². The summed E-state index contributed by atoms with van der Waals surface area (Å²) in [7, 11) is 0. The SMILES string of the molecule is O=C(/C=C/c1cc2c(cc1[N+](=O)[O-])OCO2)CCCCC1CCCCC1. The number of rotatable bonds is 8. The van der Waals surface area contributed by atoms with Gasteiger partial charge in [0.15, 0.2) is 17.3 Å². The van der Waals surface area contributed by atoms with Crippen LogP contribution in [0.2, 0.25) is 0 Å². The van der Waals surface area contributed by atoms with Gasteiger partial charge in [0.2, 0.25) is 6.79 Å². The van der Waals surface area contributed by atoms with Crippen LogP contribution in [0.25, 0.3) is 6.08 Å². The summed E-state index contributed by atoms with van der Waals surface area (Å²) in [6.07, 6.45) is 13.3. The Morgan fingerprint density at radius 1 is 1.15 bits per heavy atom. The number of benzene rings is 1. The van der Waals surface area contributed by atoms with Crippen molar-refractivity contribution >= 4 is 17.5 Å². The van der Waals surface area contributed by atoms with Crippen LogP contribution in [0.3, 0.4) is 0 Å². The average molecular weight is 359 g/mol. The number of fused-ring (bicyclic) bond motifs is 1. The van der Waals surface area contributed by atoms with Crippen molar-refractivity contribution in [2.75, 3.05) is 6.79 Å². The number of carbonyl (C=O) groups is 1. The number of allylic oxidation sites excluding steroid dienone is 1. The lowest BCUT2D eigenvalue weighted by Crippen LogP contribution is -2.06. The number of nitro groups is 1. The molecule has 0 bridgehead atoms. The quantitative estimate of drug-likeness (QED) is 0.281. The van der Waals surface area contributed by atoms with Crippen molar-refractivity contribution in [3.05, 3.63) is 33.9 Å². The average Bonchev–Trinajstić information content (AvgIpc) is 3.11. The molecule has 0 atom stereocenters. The van der Waals surface area contributed by atoms with Crippen LogP contribution in [0.4, 0.5) is 5.69 Å². The van der Waals surface area contributed by atoms with Crippen LogP contribution >= 0.6 is 0 Å². The van der Waals surface area contributed by atoms with Crippen LogP contribution < -0.4 is 9.47 Å². The fourth-order valence-corrected chi connectivity index (χ4v) is 3.71. The van der Waals surface area contributed by atoms with E-state index >= 15 is 0 Å². The Morgan fingerprint density at radius 3 is 2.62 bits per heavy atom. The van der Waals surface area contributed by atoms with E-state index in [-0.39, 0.29) is 18.3 Å². The summed E-state index contributed by atoms with van der Waals surface area (Å²) in [5, 5.41) is 11.2. The highest BCUT2D eigenvalue weighted by Crippen LogP contribution is 2.38. The van der Waals surface area contributed by atoms with E-state index in [1.165, 1.54) is 56.7 Å². The number of ketones is 1. The van der Waals surface area contributed by atoms with Gasteiger partial charge in [-0.05, 0) is 30.6 Å². The molecule has 1 aromatic rings. The first kappa shape index (κ1) is 18.4. The highest BCUT2D eigenvalue weighted by Gasteiger charge is 2.22. The highest BCUT2D eigenvalue weighted by molar-refractivity contribution is 5.94. The van der Waals surface area contributed by atoms with Crippen molar-refractivity contribution in [1.29, 1.82) is 0 Å². The predicted molar refractivity (Wildman–Crippen MR) is 98.3 cm³/mol. The Morgan fingerprint density at radius 2 is 1.88 bits per heavy atom. The largest absolute Gasteiger partial charge is 0.454 e. The van der Waals surface area contributed by atoms with Gasteiger partial charge in [-0.3, -0.25) is 14.9 Å². The molecule has 26 heavy (non-hydrogen) atoms. The van der Waals surface area contributed by atoms with Gasteiger partial charge in [0.05, 0.1) is 16.6 Å². The molecule has 0 aromatic heterocycles. The molecule has 3 rings (SSSR count). The minimum Gasteiger partial charge on any atom is -0.454 e. The maximum atomic E-state index is 12.1. The van der Waals surface area contributed by atoms with Crippen LogP contribution in [-0.2, 0) is 4.79 Å². The maximum Gasteiger partial charge on any atom is 0.280 e. The topological polar surface area (TPSA) is 78.7 Å². The second-order valence-electron chi connectivity index (χ2n) is 7.07. The number of hydrogen-bond donors (Lipinski definition) is 0. The van der Waals surface area contributed by atoms with Crippen LogP contribution in [0.1, 0.15) is 63.4 Å². The van der Waals surface area contributed by atoms with Gasteiger partial charge in [0, 0.05) is 6.42 Å². The van der Waals surface area contributed by atoms with E-state index in [1.54, 1.807) is 6.07 Å². The van der Waals surface area contributed by atoms with E-state index < -0.39 is 4.92 Å². The molecular formula is C20H25NO5. The van der Waals surface area contributed by atoms with Gasteiger partial charge in [0.25, 0.3) is 5.69 Å². The molecule has 1 heterocycles. The molecule has 1 fully saturated rings. The second-order valence-corrected chi connectivity index (χ2v) is 7.07.